The number of benzene rings is 2. The van der Waals surface area contributed by atoms with Crippen LogP contribution in [0, 0.1) is 0 Å². The van der Waals surface area contributed by atoms with Crippen molar-refractivity contribution in [2.24, 2.45) is 0 Å². The molecule has 3 heterocycles. The number of rotatable bonds is 6. The zero-order valence-electron chi connectivity index (χ0n) is 17.9. The Labute approximate surface area is 187 Å². The van der Waals surface area contributed by atoms with Crippen LogP contribution in [0.4, 0.5) is 0 Å². The highest BCUT2D eigenvalue weighted by Crippen LogP contribution is 2.23. The van der Waals surface area contributed by atoms with Crippen LogP contribution in [0.1, 0.15) is 23.0 Å². The van der Waals surface area contributed by atoms with E-state index in [0.717, 1.165) is 28.0 Å². The van der Waals surface area contributed by atoms with E-state index in [4.69, 9.17) is 0 Å². The van der Waals surface area contributed by atoms with Crippen molar-refractivity contribution >= 4 is 11.4 Å². The van der Waals surface area contributed by atoms with E-state index in [1.807, 2.05) is 72.6 Å². The Morgan fingerprint density at radius 3 is 2.31 bits per heavy atom. The maximum Gasteiger partial charge on any atom is 0.274 e. The lowest BCUT2D eigenvalue weighted by atomic mass is 10.1. The van der Waals surface area contributed by atoms with Gasteiger partial charge in [0.25, 0.3) is 5.91 Å². The van der Waals surface area contributed by atoms with Crippen LogP contribution in [-0.2, 0) is 6.54 Å². The Bertz CT molecular complexity index is 1350. The van der Waals surface area contributed by atoms with Crippen LogP contribution in [0.5, 0.6) is 0 Å². The van der Waals surface area contributed by atoms with Crippen LogP contribution < -0.4 is 0 Å². The molecule has 0 radical (unpaired) electrons. The van der Waals surface area contributed by atoms with Gasteiger partial charge in [-0.15, -0.1) is 0 Å². The maximum absolute atomic E-state index is 13.1. The van der Waals surface area contributed by atoms with Crippen molar-refractivity contribution in [2.45, 2.75) is 13.5 Å². The van der Waals surface area contributed by atoms with Gasteiger partial charge in [0.1, 0.15) is 5.82 Å². The summed E-state index contributed by atoms with van der Waals surface area (Å²) >= 11 is 0. The molecular weight excluding hydrogens is 396 g/mol. The number of nitrogens with zero attached hydrogens (tertiary/aromatic N) is 4. The summed E-state index contributed by atoms with van der Waals surface area (Å²) in [7, 11) is 0. The van der Waals surface area contributed by atoms with Gasteiger partial charge in [-0.3, -0.25) is 4.79 Å². The highest BCUT2D eigenvalue weighted by Gasteiger charge is 2.18. The first-order valence-electron chi connectivity index (χ1n) is 10.8. The molecule has 0 aliphatic heterocycles. The molecular formula is C27H24N4O. The second kappa shape index (κ2) is 8.55. The average molecular weight is 421 g/mol. The number of amides is 1. The van der Waals surface area contributed by atoms with Crippen LogP contribution in [0.3, 0.4) is 0 Å². The van der Waals surface area contributed by atoms with Crippen molar-refractivity contribution in [3.05, 3.63) is 115 Å². The summed E-state index contributed by atoms with van der Waals surface area (Å²) in [6.45, 7) is 3.18. The Balaban J connectivity index is 1.44. The molecule has 1 amide bonds. The van der Waals surface area contributed by atoms with Crippen molar-refractivity contribution in [3.63, 3.8) is 0 Å². The molecule has 5 nitrogen and oxygen atoms in total. The Morgan fingerprint density at radius 2 is 1.56 bits per heavy atom. The fraction of sp³-hybridized carbons (Fsp3) is 0.111. The second-order valence-electron chi connectivity index (χ2n) is 7.72. The number of pyridine rings is 1. The third-order valence-electron chi connectivity index (χ3n) is 5.67. The predicted octanol–water partition coefficient (Wildman–Crippen LogP) is 5.45. The SMILES string of the molecule is CCN(Cc1ccccc1)C(=O)c1ccn(-c2ccc3ccc(-c4ccccc4)cn23)n1. The Kier molecular flexibility index (Phi) is 5.30. The monoisotopic (exact) mass is 420 g/mol. The summed E-state index contributed by atoms with van der Waals surface area (Å²) < 4.78 is 3.87. The zero-order chi connectivity index (χ0) is 21.9. The van der Waals surface area contributed by atoms with Crippen molar-refractivity contribution in [3.8, 4) is 16.9 Å². The molecule has 0 spiro atoms. The summed E-state index contributed by atoms with van der Waals surface area (Å²) in [6, 6.07) is 30.4. The standard InChI is InChI=1S/C27H24N4O/c1-2-29(19-21-9-5-3-6-10-21)27(32)25-17-18-31(28-25)26-16-15-24-14-13-23(20-30(24)26)22-11-7-4-8-12-22/h3-18,20H,2,19H2,1H3. The third-order valence-corrected chi connectivity index (χ3v) is 5.67. The molecule has 5 heteroatoms. The van der Waals surface area contributed by atoms with E-state index in [1.165, 1.54) is 0 Å². The van der Waals surface area contributed by atoms with E-state index in [9.17, 15) is 4.79 Å². The molecule has 0 fully saturated rings. The number of hydrogen-bond acceptors (Lipinski definition) is 2. The second-order valence-corrected chi connectivity index (χ2v) is 7.72. The highest BCUT2D eigenvalue weighted by molar-refractivity contribution is 5.92. The van der Waals surface area contributed by atoms with E-state index < -0.39 is 0 Å². The number of hydrogen-bond donors (Lipinski definition) is 0. The summed E-state index contributed by atoms with van der Waals surface area (Å²) in [5.41, 5.74) is 4.90. The molecule has 5 aromatic rings. The van der Waals surface area contributed by atoms with Gasteiger partial charge in [-0.05, 0) is 47.9 Å². The topological polar surface area (TPSA) is 42.5 Å². The van der Waals surface area contributed by atoms with Gasteiger partial charge >= 0.3 is 0 Å². The molecule has 0 aliphatic rings. The van der Waals surface area contributed by atoms with Crippen LogP contribution in [0.15, 0.2) is 103 Å². The summed E-state index contributed by atoms with van der Waals surface area (Å²) in [5.74, 6) is 0.823. The van der Waals surface area contributed by atoms with E-state index in [-0.39, 0.29) is 5.91 Å². The van der Waals surface area contributed by atoms with Gasteiger partial charge in [0.2, 0.25) is 0 Å². The number of aromatic nitrogens is 3. The van der Waals surface area contributed by atoms with Crippen molar-refractivity contribution in [2.75, 3.05) is 6.54 Å². The highest BCUT2D eigenvalue weighted by atomic mass is 16.2. The minimum atomic E-state index is -0.0686. The molecule has 0 saturated carbocycles. The first-order chi connectivity index (χ1) is 15.7. The quantitative estimate of drug-likeness (QED) is 0.366. The smallest absolute Gasteiger partial charge is 0.274 e. The summed E-state index contributed by atoms with van der Waals surface area (Å²) in [5, 5.41) is 4.62. The van der Waals surface area contributed by atoms with Crippen molar-refractivity contribution in [1.82, 2.24) is 19.1 Å². The van der Waals surface area contributed by atoms with Crippen molar-refractivity contribution < 1.29 is 4.79 Å². The molecule has 0 bridgehead atoms. The lowest BCUT2D eigenvalue weighted by molar-refractivity contribution is 0.0746. The third kappa shape index (κ3) is 3.81. The van der Waals surface area contributed by atoms with Gasteiger partial charge in [0.05, 0.1) is 0 Å². The molecule has 0 saturated heterocycles. The maximum atomic E-state index is 13.1. The summed E-state index contributed by atoms with van der Waals surface area (Å²) in [4.78, 5) is 14.9. The van der Waals surface area contributed by atoms with Gasteiger partial charge in [-0.1, -0.05) is 66.7 Å². The van der Waals surface area contributed by atoms with Gasteiger partial charge in [-0.2, -0.15) is 5.10 Å². The molecule has 32 heavy (non-hydrogen) atoms. The molecule has 0 aliphatic carbocycles. The van der Waals surface area contributed by atoms with Crippen LogP contribution in [0.25, 0.3) is 22.5 Å². The minimum absolute atomic E-state index is 0.0686. The number of fused-ring (bicyclic) bond motifs is 1. The molecule has 0 atom stereocenters. The Hall–Kier alpha value is -4.12. The molecule has 2 aromatic carbocycles. The van der Waals surface area contributed by atoms with E-state index in [1.54, 1.807) is 10.7 Å². The molecule has 3 aromatic heterocycles. The van der Waals surface area contributed by atoms with Crippen LogP contribution in [0.2, 0.25) is 0 Å². The molecule has 0 N–H and O–H groups in total. The zero-order valence-corrected chi connectivity index (χ0v) is 17.9. The molecule has 158 valence electrons. The normalized spacial score (nSPS) is 11.0. The van der Waals surface area contributed by atoms with Gasteiger partial charge < -0.3 is 9.30 Å². The largest absolute Gasteiger partial charge is 0.333 e. The number of carbonyl (C=O) groups is 1. The number of carbonyl (C=O) groups excluding carboxylic acids is 1. The van der Waals surface area contributed by atoms with Crippen LogP contribution in [-0.4, -0.2) is 31.5 Å². The molecule has 0 unspecified atom stereocenters. The first-order valence-corrected chi connectivity index (χ1v) is 10.8. The molecule has 5 rings (SSSR count). The van der Waals surface area contributed by atoms with Crippen molar-refractivity contribution in [1.29, 1.82) is 0 Å². The lowest BCUT2D eigenvalue weighted by Crippen LogP contribution is -2.30. The van der Waals surface area contributed by atoms with E-state index in [2.05, 4.69) is 46.0 Å². The fourth-order valence-electron chi connectivity index (χ4n) is 3.93. The predicted molar refractivity (Wildman–Crippen MR) is 127 cm³/mol. The van der Waals surface area contributed by atoms with E-state index >= 15 is 0 Å². The van der Waals surface area contributed by atoms with Crippen LogP contribution >= 0.6 is 0 Å². The van der Waals surface area contributed by atoms with Gasteiger partial charge in [-0.25, -0.2) is 4.68 Å². The Morgan fingerprint density at radius 1 is 0.844 bits per heavy atom. The first kappa shape index (κ1) is 19.8. The van der Waals surface area contributed by atoms with Gasteiger partial charge in [0, 0.05) is 31.0 Å². The van der Waals surface area contributed by atoms with E-state index in [0.29, 0.717) is 18.8 Å². The minimum Gasteiger partial charge on any atom is -0.333 e. The summed E-state index contributed by atoms with van der Waals surface area (Å²) in [6.07, 6.45) is 3.96. The lowest BCUT2D eigenvalue weighted by Gasteiger charge is -2.19. The fourth-order valence-corrected chi connectivity index (χ4v) is 3.93. The average Bonchev–Trinajstić information content (AvgIpc) is 3.50. The van der Waals surface area contributed by atoms with Gasteiger partial charge in [0.15, 0.2) is 5.69 Å².